The number of nitrogens with zero attached hydrogens (tertiary/aromatic N) is 2. The molecule has 1 aliphatic rings. The smallest absolute Gasteiger partial charge is 0.324 e. The van der Waals surface area contributed by atoms with Crippen molar-refractivity contribution in [2.45, 2.75) is 19.8 Å². The summed E-state index contributed by atoms with van der Waals surface area (Å²) < 4.78 is 0. The van der Waals surface area contributed by atoms with Gasteiger partial charge in [0.15, 0.2) is 5.96 Å². The van der Waals surface area contributed by atoms with E-state index in [0.29, 0.717) is 31.5 Å². The Labute approximate surface area is 163 Å². The molecule has 0 aromatic carbocycles. The van der Waals surface area contributed by atoms with Crippen molar-refractivity contribution < 1.29 is 9.59 Å². The third-order valence-electron chi connectivity index (χ3n) is 3.46. The Kier molecular flexibility index (Phi) is 9.04. The Balaban J connectivity index is 0.00000288. The normalized spacial score (nSPS) is 15.8. The number of hydrogen-bond acceptors (Lipinski definition) is 4. The van der Waals surface area contributed by atoms with E-state index in [0.717, 1.165) is 6.54 Å². The van der Waals surface area contributed by atoms with Crippen LogP contribution in [0.2, 0.25) is 0 Å². The SMILES string of the molecule is CCNC(=NCC(C)c1cccs1)NCCN1C(=O)CNC1=O.I. The number of carbonyl (C=O) groups is 2. The molecule has 1 saturated heterocycles. The van der Waals surface area contributed by atoms with Gasteiger partial charge in [-0.1, -0.05) is 13.0 Å². The van der Waals surface area contributed by atoms with Crippen molar-refractivity contribution in [2.75, 3.05) is 32.7 Å². The topological polar surface area (TPSA) is 85.8 Å². The summed E-state index contributed by atoms with van der Waals surface area (Å²) in [5.41, 5.74) is 0. The van der Waals surface area contributed by atoms with Crippen LogP contribution in [0.15, 0.2) is 22.5 Å². The van der Waals surface area contributed by atoms with E-state index in [1.807, 2.05) is 13.0 Å². The molecule has 0 aliphatic carbocycles. The Hall–Kier alpha value is -1.36. The van der Waals surface area contributed by atoms with Gasteiger partial charge >= 0.3 is 6.03 Å². The largest absolute Gasteiger partial charge is 0.357 e. The van der Waals surface area contributed by atoms with Gasteiger partial charge in [0.2, 0.25) is 5.91 Å². The fourth-order valence-electron chi connectivity index (χ4n) is 2.20. The summed E-state index contributed by atoms with van der Waals surface area (Å²) in [5, 5.41) is 10.9. The predicted molar refractivity (Wildman–Crippen MR) is 107 cm³/mol. The highest BCUT2D eigenvalue weighted by atomic mass is 127. The summed E-state index contributed by atoms with van der Waals surface area (Å²) in [6.45, 7) is 6.46. The lowest BCUT2D eigenvalue weighted by Crippen LogP contribution is -2.43. The first kappa shape index (κ1) is 20.7. The van der Waals surface area contributed by atoms with Crippen molar-refractivity contribution in [1.82, 2.24) is 20.9 Å². The molecule has 134 valence electrons. The van der Waals surface area contributed by atoms with Crippen LogP contribution >= 0.6 is 35.3 Å². The van der Waals surface area contributed by atoms with Gasteiger partial charge in [-0.25, -0.2) is 4.79 Å². The highest BCUT2D eigenvalue weighted by Gasteiger charge is 2.27. The first-order chi connectivity index (χ1) is 11.1. The molecule has 1 aliphatic heterocycles. The van der Waals surface area contributed by atoms with Crippen molar-refractivity contribution in [3.63, 3.8) is 0 Å². The van der Waals surface area contributed by atoms with Crippen LogP contribution in [-0.2, 0) is 4.79 Å². The minimum atomic E-state index is -0.329. The van der Waals surface area contributed by atoms with Gasteiger partial charge < -0.3 is 16.0 Å². The second-order valence-corrected chi connectivity index (χ2v) is 6.25. The van der Waals surface area contributed by atoms with Crippen LogP contribution in [0.4, 0.5) is 4.79 Å². The van der Waals surface area contributed by atoms with Gasteiger partial charge in [-0.15, -0.1) is 35.3 Å². The summed E-state index contributed by atoms with van der Waals surface area (Å²) in [4.78, 5) is 30.0. The molecule has 1 aromatic rings. The van der Waals surface area contributed by atoms with Crippen LogP contribution in [0.3, 0.4) is 0 Å². The third kappa shape index (κ3) is 5.93. The first-order valence-electron chi connectivity index (χ1n) is 7.75. The van der Waals surface area contributed by atoms with Gasteiger partial charge in [-0.3, -0.25) is 14.7 Å². The van der Waals surface area contributed by atoms with Crippen LogP contribution in [-0.4, -0.2) is 55.5 Å². The maximum absolute atomic E-state index is 11.5. The van der Waals surface area contributed by atoms with E-state index < -0.39 is 0 Å². The van der Waals surface area contributed by atoms with Crippen molar-refractivity contribution in [3.8, 4) is 0 Å². The monoisotopic (exact) mass is 465 g/mol. The third-order valence-corrected chi connectivity index (χ3v) is 4.57. The lowest BCUT2D eigenvalue weighted by Gasteiger charge is -2.16. The summed E-state index contributed by atoms with van der Waals surface area (Å²) in [6.07, 6.45) is 0. The number of rotatable bonds is 7. The zero-order valence-electron chi connectivity index (χ0n) is 13.9. The highest BCUT2D eigenvalue weighted by Crippen LogP contribution is 2.20. The molecule has 7 nitrogen and oxygen atoms in total. The number of urea groups is 1. The quantitative estimate of drug-likeness (QED) is 0.247. The summed E-state index contributed by atoms with van der Waals surface area (Å²) in [7, 11) is 0. The molecule has 3 N–H and O–H groups in total. The van der Waals surface area contributed by atoms with E-state index in [1.165, 1.54) is 9.78 Å². The van der Waals surface area contributed by atoms with Crippen LogP contribution in [0.1, 0.15) is 24.6 Å². The molecule has 2 heterocycles. The number of hydrogen-bond donors (Lipinski definition) is 3. The number of carbonyl (C=O) groups excluding carboxylic acids is 2. The van der Waals surface area contributed by atoms with Gasteiger partial charge in [0.1, 0.15) is 0 Å². The molecule has 24 heavy (non-hydrogen) atoms. The summed E-state index contributed by atoms with van der Waals surface area (Å²) >= 11 is 1.73. The number of nitrogens with one attached hydrogen (secondary N) is 3. The average molecular weight is 465 g/mol. The molecule has 1 fully saturated rings. The zero-order chi connectivity index (χ0) is 16.7. The van der Waals surface area contributed by atoms with Gasteiger partial charge in [0.25, 0.3) is 0 Å². The Morgan fingerprint density at radius 2 is 2.25 bits per heavy atom. The fraction of sp³-hybridized carbons (Fsp3) is 0.533. The summed E-state index contributed by atoms with van der Waals surface area (Å²) in [6, 6.07) is 3.83. The number of guanidine groups is 1. The Bertz CT molecular complexity index is 548. The van der Waals surface area contributed by atoms with Crippen molar-refractivity contribution in [2.24, 2.45) is 4.99 Å². The molecule has 0 radical (unpaired) electrons. The molecule has 3 amide bonds. The Morgan fingerprint density at radius 1 is 1.46 bits per heavy atom. The molecule has 0 saturated carbocycles. The number of imide groups is 1. The van der Waals surface area contributed by atoms with Gasteiger partial charge in [-0.2, -0.15) is 0 Å². The highest BCUT2D eigenvalue weighted by molar-refractivity contribution is 14.0. The van der Waals surface area contributed by atoms with E-state index in [2.05, 4.69) is 39.3 Å². The lowest BCUT2D eigenvalue weighted by molar-refractivity contribution is -0.124. The fourth-order valence-corrected chi connectivity index (χ4v) is 2.98. The predicted octanol–water partition coefficient (Wildman–Crippen LogP) is 1.58. The molecule has 9 heteroatoms. The van der Waals surface area contributed by atoms with E-state index >= 15 is 0 Å². The molecule has 1 unspecified atom stereocenters. The second-order valence-electron chi connectivity index (χ2n) is 5.27. The maximum Gasteiger partial charge on any atom is 0.324 e. The van der Waals surface area contributed by atoms with Crippen molar-refractivity contribution in [3.05, 3.63) is 22.4 Å². The Morgan fingerprint density at radius 3 is 2.83 bits per heavy atom. The zero-order valence-corrected chi connectivity index (χ0v) is 17.0. The van der Waals surface area contributed by atoms with Gasteiger partial charge in [0.05, 0.1) is 13.1 Å². The van der Waals surface area contributed by atoms with Crippen LogP contribution < -0.4 is 16.0 Å². The van der Waals surface area contributed by atoms with Gasteiger partial charge in [0, 0.05) is 30.4 Å². The molecule has 0 spiro atoms. The average Bonchev–Trinajstić information content (AvgIpc) is 3.17. The van der Waals surface area contributed by atoms with Gasteiger partial charge in [-0.05, 0) is 18.4 Å². The summed E-state index contributed by atoms with van der Waals surface area (Å²) in [5.74, 6) is 0.865. The molecular formula is C15H24IN5O2S. The number of amides is 3. The van der Waals surface area contributed by atoms with E-state index in [9.17, 15) is 9.59 Å². The standard InChI is InChI=1S/C15H23N5O2S.HI/c1-3-16-14(18-9-11(2)12-5-4-8-23-12)17-6-7-20-13(21)10-19-15(20)22;/h4-5,8,11H,3,6-7,9-10H2,1-2H3,(H,19,22)(H2,16,17,18);1H. The van der Waals surface area contributed by atoms with Crippen LogP contribution in [0, 0.1) is 0 Å². The number of thiophene rings is 1. The maximum atomic E-state index is 11.5. The molecular weight excluding hydrogens is 441 g/mol. The van der Waals surface area contributed by atoms with Crippen LogP contribution in [0.25, 0.3) is 0 Å². The molecule has 1 atom stereocenters. The molecule has 1 aromatic heterocycles. The number of aliphatic imine (C=N–C) groups is 1. The van der Waals surface area contributed by atoms with E-state index in [-0.39, 0.29) is 42.5 Å². The first-order valence-corrected chi connectivity index (χ1v) is 8.63. The second kappa shape index (κ2) is 10.5. The minimum Gasteiger partial charge on any atom is -0.357 e. The molecule has 0 bridgehead atoms. The number of halogens is 1. The lowest BCUT2D eigenvalue weighted by atomic mass is 10.1. The van der Waals surface area contributed by atoms with Crippen molar-refractivity contribution in [1.29, 1.82) is 0 Å². The molecule has 2 rings (SSSR count). The van der Waals surface area contributed by atoms with Crippen molar-refractivity contribution >= 4 is 53.2 Å². The van der Waals surface area contributed by atoms with E-state index in [1.54, 1.807) is 11.3 Å². The van der Waals surface area contributed by atoms with E-state index in [4.69, 9.17) is 0 Å². The minimum absolute atomic E-state index is 0. The van der Waals surface area contributed by atoms with Crippen LogP contribution in [0.5, 0.6) is 0 Å².